The first-order chi connectivity index (χ1) is 9.70. The van der Waals surface area contributed by atoms with E-state index in [1.165, 1.54) is 17.4 Å². The Morgan fingerprint density at radius 2 is 2.05 bits per heavy atom. The molecule has 112 valence electrons. The van der Waals surface area contributed by atoms with Crippen molar-refractivity contribution in [2.24, 2.45) is 0 Å². The van der Waals surface area contributed by atoms with Crippen LogP contribution in [0.4, 0.5) is 15.8 Å². The molecular formula is C11H8BrFN2O4S2. The van der Waals surface area contributed by atoms with E-state index in [-0.39, 0.29) is 10.6 Å². The van der Waals surface area contributed by atoms with E-state index in [1.807, 2.05) is 0 Å². The predicted octanol–water partition coefficient (Wildman–Crippen LogP) is 3.67. The van der Waals surface area contributed by atoms with Crippen LogP contribution in [-0.2, 0) is 10.0 Å². The summed E-state index contributed by atoms with van der Waals surface area (Å²) < 4.78 is 40.7. The van der Waals surface area contributed by atoms with Gasteiger partial charge in [0.05, 0.1) is 14.4 Å². The van der Waals surface area contributed by atoms with E-state index in [0.717, 1.165) is 18.2 Å². The Balaban J connectivity index is 2.35. The van der Waals surface area contributed by atoms with Crippen molar-refractivity contribution in [3.63, 3.8) is 0 Å². The highest BCUT2D eigenvalue weighted by molar-refractivity contribution is 9.11. The van der Waals surface area contributed by atoms with Crippen molar-refractivity contribution in [3.8, 4) is 0 Å². The Labute approximate surface area is 131 Å². The van der Waals surface area contributed by atoms with Gasteiger partial charge in [0.15, 0.2) is 0 Å². The highest BCUT2D eigenvalue weighted by Gasteiger charge is 2.21. The second kappa shape index (κ2) is 5.70. The van der Waals surface area contributed by atoms with Crippen LogP contribution in [0.3, 0.4) is 0 Å². The van der Waals surface area contributed by atoms with E-state index >= 15 is 0 Å². The van der Waals surface area contributed by atoms with Gasteiger partial charge in [-0.05, 0) is 35.0 Å². The molecule has 0 fully saturated rings. The minimum atomic E-state index is -3.88. The third-order valence-electron chi connectivity index (χ3n) is 2.53. The molecule has 1 heterocycles. The monoisotopic (exact) mass is 394 g/mol. The summed E-state index contributed by atoms with van der Waals surface area (Å²) in [6.45, 7) is 1.64. The fraction of sp³-hybridized carbons (Fsp3) is 0.0909. The first kappa shape index (κ1) is 15.9. The molecule has 0 saturated heterocycles. The lowest BCUT2D eigenvalue weighted by molar-refractivity contribution is -0.387. The van der Waals surface area contributed by atoms with Gasteiger partial charge < -0.3 is 0 Å². The van der Waals surface area contributed by atoms with E-state index in [1.54, 1.807) is 6.92 Å². The summed E-state index contributed by atoms with van der Waals surface area (Å²) in [7, 11) is -3.88. The normalized spacial score (nSPS) is 11.4. The molecule has 0 saturated carbocycles. The second-order valence-corrected chi connectivity index (χ2v) is 8.29. The Kier molecular flexibility index (Phi) is 4.30. The zero-order valence-electron chi connectivity index (χ0n) is 10.5. The average molecular weight is 395 g/mol. The van der Waals surface area contributed by atoms with Gasteiger partial charge in [0, 0.05) is 17.0 Å². The number of nitrogens with one attached hydrogen (secondary N) is 1. The Hall–Kier alpha value is -1.52. The van der Waals surface area contributed by atoms with E-state index in [2.05, 4.69) is 20.7 Å². The minimum absolute atomic E-state index is 0.0677. The molecule has 0 aliphatic heterocycles. The van der Waals surface area contributed by atoms with E-state index in [4.69, 9.17) is 0 Å². The van der Waals surface area contributed by atoms with E-state index in [0.29, 0.717) is 8.66 Å². The maximum Gasteiger partial charge on any atom is 0.304 e. The number of benzene rings is 1. The molecule has 0 atom stereocenters. The van der Waals surface area contributed by atoms with Crippen LogP contribution in [-0.4, -0.2) is 13.3 Å². The maximum atomic E-state index is 13.5. The summed E-state index contributed by atoms with van der Waals surface area (Å²) in [6.07, 6.45) is 0. The van der Waals surface area contributed by atoms with Gasteiger partial charge in [-0.1, -0.05) is 0 Å². The molecule has 0 bridgehead atoms. The van der Waals surface area contributed by atoms with Crippen LogP contribution < -0.4 is 4.72 Å². The van der Waals surface area contributed by atoms with Gasteiger partial charge in [0.25, 0.3) is 10.0 Å². The molecule has 1 aromatic carbocycles. The summed E-state index contributed by atoms with van der Waals surface area (Å²) in [6, 6.07) is 4.25. The third-order valence-corrected chi connectivity index (χ3v) is 5.72. The van der Waals surface area contributed by atoms with Gasteiger partial charge >= 0.3 is 5.69 Å². The number of hydrogen-bond acceptors (Lipinski definition) is 5. The number of anilines is 1. The Morgan fingerprint density at radius 3 is 2.52 bits per heavy atom. The van der Waals surface area contributed by atoms with Gasteiger partial charge in [0.2, 0.25) is 5.82 Å². The lowest BCUT2D eigenvalue weighted by atomic mass is 10.3. The molecule has 2 rings (SSSR count). The second-order valence-electron chi connectivity index (χ2n) is 4.00. The number of thiophene rings is 1. The van der Waals surface area contributed by atoms with Crippen molar-refractivity contribution in [1.82, 2.24) is 0 Å². The van der Waals surface area contributed by atoms with Crippen molar-refractivity contribution in [3.05, 3.63) is 48.9 Å². The number of sulfonamides is 1. The number of nitro benzene ring substituents is 1. The van der Waals surface area contributed by atoms with Crippen LogP contribution in [0.25, 0.3) is 0 Å². The lowest BCUT2D eigenvalue weighted by Gasteiger charge is -2.07. The number of nitro groups is 1. The van der Waals surface area contributed by atoms with E-state index < -0.39 is 26.5 Å². The van der Waals surface area contributed by atoms with Crippen molar-refractivity contribution in [2.75, 3.05) is 4.72 Å². The topological polar surface area (TPSA) is 89.3 Å². The molecular weight excluding hydrogens is 387 g/mol. The number of halogens is 2. The highest BCUT2D eigenvalue weighted by Crippen LogP contribution is 2.31. The van der Waals surface area contributed by atoms with Crippen molar-refractivity contribution in [1.29, 1.82) is 0 Å². The van der Waals surface area contributed by atoms with Crippen LogP contribution in [0.5, 0.6) is 0 Å². The molecule has 1 aromatic heterocycles. The van der Waals surface area contributed by atoms with Crippen molar-refractivity contribution in [2.45, 2.75) is 11.8 Å². The molecule has 0 amide bonds. The fourth-order valence-electron chi connectivity index (χ4n) is 1.63. The standard InChI is InChI=1S/C11H8BrFN2O4S2/c1-6-10(5-11(12)20-6)21(18,19)14-7-2-3-9(15(16)17)8(13)4-7/h2-5,14H,1H3. The predicted molar refractivity (Wildman–Crippen MR) is 80.6 cm³/mol. The summed E-state index contributed by atoms with van der Waals surface area (Å²) in [4.78, 5) is 10.3. The van der Waals surface area contributed by atoms with Gasteiger partial charge in [-0.3, -0.25) is 14.8 Å². The summed E-state index contributed by atoms with van der Waals surface area (Å²) in [5.74, 6) is -1.11. The molecule has 0 aliphatic rings. The molecule has 0 radical (unpaired) electrons. The molecule has 1 N–H and O–H groups in total. The zero-order chi connectivity index (χ0) is 15.8. The highest BCUT2D eigenvalue weighted by atomic mass is 79.9. The molecule has 6 nitrogen and oxygen atoms in total. The molecule has 0 unspecified atom stereocenters. The van der Waals surface area contributed by atoms with Gasteiger partial charge in [-0.25, -0.2) is 8.42 Å². The van der Waals surface area contributed by atoms with Gasteiger partial charge in [-0.2, -0.15) is 4.39 Å². The molecule has 2 aromatic rings. The fourth-order valence-corrected chi connectivity index (χ4v) is 5.09. The van der Waals surface area contributed by atoms with Crippen molar-refractivity contribution >= 4 is 48.7 Å². The van der Waals surface area contributed by atoms with Crippen LogP contribution >= 0.6 is 27.3 Å². The summed E-state index contributed by atoms with van der Waals surface area (Å²) >= 11 is 4.44. The Bertz CT molecular complexity index is 820. The van der Waals surface area contributed by atoms with Crippen LogP contribution in [0, 0.1) is 22.9 Å². The van der Waals surface area contributed by atoms with Crippen LogP contribution in [0.15, 0.2) is 32.9 Å². The lowest BCUT2D eigenvalue weighted by Crippen LogP contribution is -2.13. The van der Waals surface area contributed by atoms with Gasteiger partial charge in [-0.15, -0.1) is 11.3 Å². The molecule has 0 aliphatic carbocycles. The van der Waals surface area contributed by atoms with Crippen LogP contribution in [0.2, 0.25) is 0 Å². The Morgan fingerprint density at radius 1 is 1.38 bits per heavy atom. The molecule has 21 heavy (non-hydrogen) atoms. The first-order valence-corrected chi connectivity index (χ1v) is 8.52. The van der Waals surface area contributed by atoms with Crippen LogP contribution in [0.1, 0.15) is 4.88 Å². The number of aryl methyl sites for hydroxylation is 1. The smallest absolute Gasteiger partial charge is 0.279 e. The van der Waals surface area contributed by atoms with Gasteiger partial charge in [0.1, 0.15) is 4.90 Å². The summed E-state index contributed by atoms with van der Waals surface area (Å²) in [5.41, 5.74) is -0.799. The minimum Gasteiger partial charge on any atom is -0.279 e. The maximum absolute atomic E-state index is 13.5. The molecule has 0 spiro atoms. The number of nitrogens with zero attached hydrogens (tertiary/aromatic N) is 1. The molecule has 10 heteroatoms. The third kappa shape index (κ3) is 3.39. The SMILES string of the molecule is Cc1sc(Br)cc1S(=O)(=O)Nc1ccc([N+](=O)[O-])c(F)c1. The first-order valence-electron chi connectivity index (χ1n) is 5.43. The largest absolute Gasteiger partial charge is 0.304 e. The number of hydrogen-bond donors (Lipinski definition) is 1. The van der Waals surface area contributed by atoms with E-state index in [9.17, 15) is 22.9 Å². The zero-order valence-corrected chi connectivity index (χ0v) is 13.7. The quantitative estimate of drug-likeness (QED) is 0.632. The van der Waals surface area contributed by atoms with Crippen molar-refractivity contribution < 1.29 is 17.7 Å². The summed E-state index contributed by atoms with van der Waals surface area (Å²) in [5, 5.41) is 10.5. The number of rotatable bonds is 4. The average Bonchev–Trinajstić information content (AvgIpc) is 2.68.